The predicted octanol–water partition coefficient (Wildman–Crippen LogP) is 1.18. The fourth-order valence-electron chi connectivity index (χ4n) is 2.40. The van der Waals surface area contributed by atoms with Gasteiger partial charge in [0.05, 0.1) is 11.4 Å². The van der Waals surface area contributed by atoms with Gasteiger partial charge in [0.2, 0.25) is 10.0 Å². The molecule has 0 N–H and O–H groups in total. The maximum absolute atomic E-state index is 12.9. The summed E-state index contributed by atoms with van der Waals surface area (Å²) in [6.45, 7) is 0.967. The Labute approximate surface area is 122 Å². The number of aromatic nitrogens is 3. The first kappa shape index (κ1) is 14.2. The Bertz CT molecular complexity index is 755. The van der Waals surface area contributed by atoms with Crippen LogP contribution in [0, 0.1) is 5.82 Å². The third-order valence-electron chi connectivity index (χ3n) is 3.57. The molecule has 0 saturated heterocycles. The maximum Gasteiger partial charge on any atom is 0.243 e. The van der Waals surface area contributed by atoms with Crippen molar-refractivity contribution in [3.05, 3.63) is 41.7 Å². The van der Waals surface area contributed by atoms with E-state index in [1.165, 1.54) is 23.5 Å². The second-order valence-corrected chi connectivity index (χ2v) is 7.05. The summed E-state index contributed by atoms with van der Waals surface area (Å²) < 4.78 is 40.9. The summed E-state index contributed by atoms with van der Waals surface area (Å²) in [5.41, 5.74) is 0. The topological polar surface area (TPSA) is 68.1 Å². The summed E-state index contributed by atoms with van der Waals surface area (Å²) in [6, 6.07) is 4.79. The van der Waals surface area contributed by atoms with E-state index in [4.69, 9.17) is 0 Å². The SMILES string of the molecule is CN(Cc1nnc2n1CCC2)S(=O)(=O)c1ccc(F)cc1. The largest absolute Gasteiger partial charge is 0.314 e. The molecular formula is C13H15FN4O2S. The molecule has 21 heavy (non-hydrogen) atoms. The third kappa shape index (κ3) is 2.56. The fourth-order valence-corrected chi connectivity index (χ4v) is 3.52. The zero-order valence-electron chi connectivity index (χ0n) is 11.5. The van der Waals surface area contributed by atoms with Crippen LogP contribution in [0.3, 0.4) is 0 Å². The van der Waals surface area contributed by atoms with Crippen LogP contribution in [0.2, 0.25) is 0 Å². The van der Waals surface area contributed by atoms with Crippen LogP contribution in [0.5, 0.6) is 0 Å². The number of fused-ring (bicyclic) bond motifs is 1. The Kier molecular flexibility index (Phi) is 3.50. The van der Waals surface area contributed by atoms with Gasteiger partial charge < -0.3 is 4.57 Å². The Morgan fingerprint density at radius 1 is 1.29 bits per heavy atom. The van der Waals surface area contributed by atoms with Crippen molar-refractivity contribution in [2.24, 2.45) is 0 Å². The monoisotopic (exact) mass is 310 g/mol. The number of benzene rings is 1. The van der Waals surface area contributed by atoms with Gasteiger partial charge in [-0.2, -0.15) is 4.31 Å². The smallest absolute Gasteiger partial charge is 0.243 e. The van der Waals surface area contributed by atoms with Gasteiger partial charge in [0.25, 0.3) is 0 Å². The molecule has 0 amide bonds. The molecule has 0 unspecified atom stereocenters. The molecule has 8 heteroatoms. The normalized spacial score (nSPS) is 14.6. The molecule has 0 atom stereocenters. The molecule has 1 aliphatic rings. The van der Waals surface area contributed by atoms with Crippen molar-refractivity contribution in [3.8, 4) is 0 Å². The zero-order valence-corrected chi connectivity index (χ0v) is 12.3. The van der Waals surface area contributed by atoms with Crippen molar-refractivity contribution in [1.82, 2.24) is 19.1 Å². The minimum Gasteiger partial charge on any atom is -0.314 e. The van der Waals surface area contributed by atoms with Gasteiger partial charge >= 0.3 is 0 Å². The number of hydrogen-bond acceptors (Lipinski definition) is 4. The van der Waals surface area contributed by atoms with Gasteiger partial charge in [0.1, 0.15) is 17.5 Å². The first-order valence-electron chi connectivity index (χ1n) is 6.61. The standard InChI is InChI=1S/C13H15FN4O2S/c1-17(9-13-16-15-12-3-2-8-18(12)13)21(19,20)11-6-4-10(14)5-7-11/h4-7H,2-3,8-9H2,1H3. The highest BCUT2D eigenvalue weighted by Crippen LogP contribution is 2.19. The summed E-state index contributed by atoms with van der Waals surface area (Å²) in [4.78, 5) is 0.0626. The highest BCUT2D eigenvalue weighted by Gasteiger charge is 2.25. The molecule has 0 aliphatic carbocycles. The molecule has 0 bridgehead atoms. The van der Waals surface area contributed by atoms with E-state index in [-0.39, 0.29) is 11.4 Å². The predicted molar refractivity (Wildman–Crippen MR) is 73.4 cm³/mol. The maximum atomic E-state index is 12.9. The van der Waals surface area contributed by atoms with Crippen LogP contribution in [0.15, 0.2) is 29.2 Å². The molecule has 112 valence electrons. The molecule has 1 aliphatic heterocycles. The highest BCUT2D eigenvalue weighted by molar-refractivity contribution is 7.89. The number of hydrogen-bond donors (Lipinski definition) is 0. The van der Waals surface area contributed by atoms with Gasteiger partial charge in [-0.15, -0.1) is 10.2 Å². The van der Waals surface area contributed by atoms with Gasteiger partial charge in [-0.05, 0) is 30.7 Å². The summed E-state index contributed by atoms with van der Waals surface area (Å²) in [6.07, 6.45) is 1.88. The summed E-state index contributed by atoms with van der Waals surface area (Å²) in [5.74, 6) is 1.07. The van der Waals surface area contributed by atoms with Crippen molar-refractivity contribution >= 4 is 10.0 Å². The molecule has 3 rings (SSSR count). The van der Waals surface area contributed by atoms with Crippen LogP contribution in [-0.4, -0.2) is 34.5 Å². The van der Waals surface area contributed by atoms with E-state index in [1.807, 2.05) is 4.57 Å². The molecular weight excluding hydrogens is 295 g/mol. The van der Waals surface area contributed by atoms with Crippen molar-refractivity contribution in [1.29, 1.82) is 0 Å². The molecule has 6 nitrogen and oxygen atoms in total. The lowest BCUT2D eigenvalue weighted by Crippen LogP contribution is -2.28. The Morgan fingerprint density at radius 3 is 2.71 bits per heavy atom. The molecule has 2 heterocycles. The lowest BCUT2D eigenvalue weighted by Gasteiger charge is -2.16. The minimum absolute atomic E-state index is 0.0626. The molecule has 1 aromatic heterocycles. The van der Waals surface area contributed by atoms with E-state index < -0.39 is 15.8 Å². The van der Waals surface area contributed by atoms with Crippen LogP contribution >= 0.6 is 0 Å². The van der Waals surface area contributed by atoms with Crippen molar-refractivity contribution in [3.63, 3.8) is 0 Å². The van der Waals surface area contributed by atoms with E-state index in [0.29, 0.717) is 5.82 Å². The second-order valence-electron chi connectivity index (χ2n) is 5.00. The number of halogens is 1. The van der Waals surface area contributed by atoms with E-state index in [1.54, 1.807) is 0 Å². The fraction of sp³-hybridized carbons (Fsp3) is 0.385. The van der Waals surface area contributed by atoms with Crippen LogP contribution in [0.4, 0.5) is 4.39 Å². The van der Waals surface area contributed by atoms with Gasteiger partial charge in [-0.1, -0.05) is 0 Å². The number of sulfonamides is 1. The van der Waals surface area contributed by atoms with E-state index >= 15 is 0 Å². The van der Waals surface area contributed by atoms with Crippen LogP contribution in [0.1, 0.15) is 18.1 Å². The molecule has 2 aromatic rings. The van der Waals surface area contributed by atoms with Crippen LogP contribution < -0.4 is 0 Å². The molecule has 0 saturated carbocycles. The quantitative estimate of drug-likeness (QED) is 0.850. The third-order valence-corrected chi connectivity index (χ3v) is 5.39. The van der Waals surface area contributed by atoms with E-state index in [0.717, 1.165) is 37.3 Å². The van der Waals surface area contributed by atoms with E-state index in [2.05, 4.69) is 10.2 Å². The van der Waals surface area contributed by atoms with Gasteiger partial charge in [-0.3, -0.25) is 0 Å². The number of aryl methyl sites for hydroxylation is 1. The van der Waals surface area contributed by atoms with E-state index in [9.17, 15) is 12.8 Å². The second kappa shape index (κ2) is 5.19. The molecule has 1 aromatic carbocycles. The lowest BCUT2D eigenvalue weighted by molar-refractivity contribution is 0.446. The number of rotatable bonds is 4. The Balaban J connectivity index is 1.84. The molecule has 0 radical (unpaired) electrons. The average Bonchev–Trinajstić information content (AvgIpc) is 3.04. The van der Waals surface area contributed by atoms with Gasteiger partial charge in [-0.25, -0.2) is 12.8 Å². The minimum atomic E-state index is -3.66. The first-order chi connectivity index (χ1) is 9.98. The highest BCUT2D eigenvalue weighted by atomic mass is 32.2. The molecule has 0 spiro atoms. The molecule has 0 fully saturated rings. The van der Waals surface area contributed by atoms with Crippen molar-refractivity contribution in [2.75, 3.05) is 7.05 Å². The van der Waals surface area contributed by atoms with Gasteiger partial charge in [0, 0.05) is 20.0 Å². The lowest BCUT2D eigenvalue weighted by atomic mass is 10.4. The Morgan fingerprint density at radius 2 is 2.00 bits per heavy atom. The summed E-state index contributed by atoms with van der Waals surface area (Å²) in [7, 11) is -2.18. The summed E-state index contributed by atoms with van der Waals surface area (Å²) >= 11 is 0. The first-order valence-corrected chi connectivity index (χ1v) is 8.05. The van der Waals surface area contributed by atoms with Gasteiger partial charge in [0.15, 0.2) is 0 Å². The number of nitrogens with zero attached hydrogens (tertiary/aromatic N) is 4. The van der Waals surface area contributed by atoms with Crippen LogP contribution in [-0.2, 0) is 29.5 Å². The average molecular weight is 310 g/mol. The van der Waals surface area contributed by atoms with Crippen molar-refractivity contribution < 1.29 is 12.8 Å². The zero-order chi connectivity index (χ0) is 15.0. The summed E-state index contributed by atoms with van der Waals surface area (Å²) in [5, 5.41) is 8.10. The van der Waals surface area contributed by atoms with Crippen molar-refractivity contribution in [2.45, 2.75) is 30.8 Å². The Hall–Kier alpha value is -1.80. The van der Waals surface area contributed by atoms with Crippen LogP contribution in [0.25, 0.3) is 0 Å².